The van der Waals surface area contributed by atoms with Gasteiger partial charge in [0.2, 0.25) is 0 Å². The van der Waals surface area contributed by atoms with E-state index in [0.29, 0.717) is 6.54 Å². The highest BCUT2D eigenvalue weighted by atomic mass is 32.1. The van der Waals surface area contributed by atoms with Gasteiger partial charge in [-0.05, 0) is 24.6 Å². The van der Waals surface area contributed by atoms with Crippen molar-refractivity contribution in [3.05, 3.63) is 47.3 Å². The summed E-state index contributed by atoms with van der Waals surface area (Å²) in [5.74, 6) is 0. The Morgan fingerprint density at radius 3 is 2.61 bits per heavy atom. The summed E-state index contributed by atoms with van der Waals surface area (Å²) in [7, 11) is 1.89. The fourth-order valence-corrected chi connectivity index (χ4v) is 1.95. The molecule has 2 N–H and O–H groups in total. The normalized spacial score (nSPS) is 12.7. The van der Waals surface area contributed by atoms with Crippen molar-refractivity contribution >= 4 is 12.6 Å². The van der Waals surface area contributed by atoms with Gasteiger partial charge in [-0.1, -0.05) is 12.1 Å². The molecule has 4 nitrogen and oxygen atoms in total. The van der Waals surface area contributed by atoms with Crippen molar-refractivity contribution < 1.29 is 5.11 Å². The summed E-state index contributed by atoms with van der Waals surface area (Å²) < 4.78 is 1.77. The van der Waals surface area contributed by atoms with Crippen molar-refractivity contribution in [3.63, 3.8) is 0 Å². The maximum Gasteiger partial charge on any atom is 0.131 e. The lowest BCUT2D eigenvalue weighted by Crippen LogP contribution is -2.20. The van der Waals surface area contributed by atoms with Crippen LogP contribution in [0.4, 0.5) is 0 Å². The zero-order chi connectivity index (χ0) is 13.1. The fourth-order valence-electron chi connectivity index (χ4n) is 1.80. The largest absolute Gasteiger partial charge is 0.374 e. The first-order chi connectivity index (χ1) is 8.56. The van der Waals surface area contributed by atoms with Crippen LogP contribution in [-0.4, -0.2) is 14.9 Å². The third kappa shape index (κ3) is 3.13. The van der Waals surface area contributed by atoms with Crippen LogP contribution in [0.3, 0.4) is 0 Å². The average Bonchev–Trinajstić information content (AvgIpc) is 2.66. The number of benzene rings is 1. The summed E-state index contributed by atoms with van der Waals surface area (Å²) >= 11 is 4.21. The molecule has 0 aliphatic heterocycles. The second-order valence-electron chi connectivity index (χ2n) is 4.29. The molecule has 0 spiro atoms. The van der Waals surface area contributed by atoms with Gasteiger partial charge >= 0.3 is 0 Å². The maximum absolute atomic E-state index is 10.0. The molecular formula is C13H17N3OS. The van der Waals surface area contributed by atoms with Gasteiger partial charge in [0.25, 0.3) is 0 Å². The van der Waals surface area contributed by atoms with E-state index in [0.717, 1.165) is 21.7 Å². The van der Waals surface area contributed by atoms with Gasteiger partial charge in [-0.15, -0.1) is 12.6 Å². The summed E-state index contributed by atoms with van der Waals surface area (Å²) in [6.45, 7) is 2.54. The molecule has 5 heteroatoms. The van der Waals surface area contributed by atoms with Crippen LogP contribution in [0.25, 0.3) is 0 Å². The number of aliphatic hydroxyl groups is 1. The van der Waals surface area contributed by atoms with Crippen LogP contribution < -0.4 is 5.32 Å². The van der Waals surface area contributed by atoms with E-state index in [2.05, 4.69) is 23.0 Å². The minimum atomic E-state index is -0.682. The summed E-state index contributed by atoms with van der Waals surface area (Å²) in [5, 5.41) is 17.3. The molecule has 96 valence electrons. The predicted molar refractivity (Wildman–Crippen MR) is 73.4 cm³/mol. The molecule has 1 aromatic heterocycles. The number of aryl methyl sites for hydroxylation is 2. The van der Waals surface area contributed by atoms with E-state index in [-0.39, 0.29) is 0 Å². The smallest absolute Gasteiger partial charge is 0.131 e. The van der Waals surface area contributed by atoms with Gasteiger partial charge in [-0.25, -0.2) is 0 Å². The van der Waals surface area contributed by atoms with Crippen LogP contribution in [0.2, 0.25) is 0 Å². The van der Waals surface area contributed by atoms with Crippen molar-refractivity contribution in [2.24, 2.45) is 7.05 Å². The Labute approximate surface area is 112 Å². The molecule has 0 bridgehead atoms. The minimum Gasteiger partial charge on any atom is -0.374 e. The predicted octanol–water partition coefficient (Wildman–Crippen LogP) is 1.80. The lowest BCUT2D eigenvalue weighted by molar-refractivity contribution is 0.137. The molecule has 2 rings (SSSR count). The van der Waals surface area contributed by atoms with Crippen molar-refractivity contribution in [2.45, 2.75) is 24.6 Å². The third-order valence-electron chi connectivity index (χ3n) is 2.81. The number of thiol groups is 1. The van der Waals surface area contributed by atoms with E-state index < -0.39 is 6.23 Å². The Kier molecular flexibility index (Phi) is 4.06. The van der Waals surface area contributed by atoms with Crippen LogP contribution in [0.1, 0.15) is 23.0 Å². The van der Waals surface area contributed by atoms with Gasteiger partial charge in [0.15, 0.2) is 0 Å². The van der Waals surface area contributed by atoms with Gasteiger partial charge in [0, 0.05) is 30.2 Å². The van der Waals surface area contributed by atoms with Gasteiger partial charge in [0.1, 0.15) is 6.23 Å². The molecule has 0 saturated heterocycles. The molecule has 1 unspecified atom stereocenters. The van der Waals surface area contributed by atoms with E-state index in [4.69, 9.17) is 0 Å². The van der Waals surface area contributed by atoms with Gasteiger partial charge in [0.05, 0.1) is 5.69 Å². The molecule has 0 saturated carbocycles. The van der Waals surface area contributed by atoms with Crippen LogP contribution in [-0.2, 0) is 13.6 Å². The summed E-state index contributed by atoms with van der Waals surface area (Å²) in [6.07, 6.45) is 1.27. The highest BCUT2D eigenvalue weighted by molar-refractivity contribution is 7.80. The average molecular weight is 263 g/mol. The molecule has 0 fully saturated rings. The van der Waals surface area contributed by atoms with Crippen molar-refractivity contribution in [3.8, 4) is 0 Å². The van der Waals surface area contributed by atoms with E-state index >= 15 is 0 Å². The molecule has 1 aromatic carbocycles. The molecule has 18 heavy (non-hydrogen) atoms. The maximum atomic E-state index is 10.0. The number of rotatable bonds is 4. The second kappa shape index (κ2) is 5.56. The second-order valence-corrected chi connectivity index (χ2v) is 4.80. The standard InChI is InChI=1S/C13H17N3OS/c1-9-11(8-16(2)15-9)7-14-13(17)10-3-5-12(18)6-4-10/h3-6,8,13-14,17-18H,7H2,1-2H3. The molecule has 1 atom stereocenters. The summed E-state index contributed by atoms with van der Waals surface area (Å²) in [6, 6.07) is 7.43. The van der Waals surface area contributed by atoms with Crippen molar-refractivity contribution in [2.75, 3.05) is 0 Å². The molecule has 0 aliphatic rings. The first-order valence-corrected chi connectivity index (χ1v) is 6.20. The Morgan fingerprint density at radius 2 is 2.06 bits per heavy atom. The monoisotopic (exact) mass is 263 g/mol. The first kappa shape index (κ1) is 13.1. The molecule has 0 amide bonds. The van der Waals surface area contributed by atoms with Crippen LogP contribution >= 0.6 is 12.6 Å². The Hall–Kier alpha value is -1.30. The molecule has 2 aromatic rings. The summed E-state index contributed by atoms with van der Waals surface area (Å²) in [5.41, 5.74) is 2.89. The van der Waals surface area contributed by atoms with Crippen LogP contribution in [0.5, 0.6) is 0 Å². The molecule has 1 heterocycles. The fraction of sp³-hybridized carbons (Fsp3) is 0.308. The summed E-state index contributed by atoms with van der Waals surface area (Å²) in [4.78, 5) is 0.883. The van der Waals surface area contributed by atoms with Crippen molar-refractivity contribution in [1.29, 1.82) is 0 Å². The third-order valence-corrected chi connectivity index (χ3v) is 3.11. The van der Waals surface area contributed by atoms with E-state index in [1.165, 1.54) is 0 Å². The van der Waals surface area contributed by atoms with E-state index in [1.54, 1.807) is 4.68 Å². The van der Waals surface area contributed by atoms with Crippen LogP contribution in [0, 0.1) is 6.92 Å². The zero-order valence-corrected chi connectivity index (χ0v) is 11.4. The highest BCUT2D eigenvalue weighted by Crippen LogP contribution is 2.14. The van der Waals surface area contributed by atoms with Gasteiger partial charge in [-0.2, -0.15) is 5.10 Å². The minimum absolute atomic E-state index is 0.587. The number of aromatic nitrogens is 2. The molecule has 0 radical (unpaired) electrons. The molecule has 0 aliphatic carbocycles. The number of aliphatic hydroxyl groups excluding tert-OH is 1. The van der Waals surface area contributed by atoms with Gasteiger partial charge in [-0.3, -0.25) is 10.00 Å². The highest BCUT2D eigenvalue weighted by Gasteiger charge is 2.08. The number of hydrogen-bond donors (Lipinski definition) is 3. The SMILES string of the molecule is Cc1nn(C)cc1CNC(O)c1ccc(S)cc1. The number of hydrogen-bond acceptors (Lipinski definition) is 4. The van der Waals surface area contributed by atoms with Crippen LogP contribution in [0.15, 0.2) is 35.4 Å². The number of nitrogens with zero attached hydrogens (tertiary/aromatic N) is 2. The van der Waals surface area contributed by atoms with E-state index in [9.17, 15) is 5.11 Å². The van der Waals surface area contributed by atoms with E-state index in [1.807, 2.05) is 44.4 Å². The topological polar surface area (TPSA) is 50.1 Å². The lowest BCUT2D eigenvalue weighted by Gasteiger charge is -2.12. The first-order valence-electron chi connectivity index (χ1n) is 5.76. The Balaban J connectivity index is 1.98. The number of nitrogens with one attached hydrogen (secondary N) is 1. The zero-order valence-electron chi connectivity index (χ0n) is 10.5. The Bertz CT molecular complexity index is 522. The quantitative estimate of drug-likeness (QED) is 0.582. The molecular weight excluding hydrogens is 246 g/mol. The van der Waals surface area contributed by atoms with Gasteiger partial charge < -0.3 is 5.11 Å². The lowest BCUT2D eigenvalue weighted by atomic mass is 10.2. The van der Waals surface area contributed by atoms with Crippen molar-refractivity contribution in [1.82, 2.24) is 15.1 Å². The Morgan fingerprint density at radius 1 is 1.39 bits per heavy atom.